The van der Waals surface area contributed by atoms with Crippen molar-refractivity contribution >= 4 is 18.0 Å². The van der Waals surface area contributed by atoms with Gasteiger partial charge in [0.1, 0.15) is 12.6 Å². The van der Waals surface area contributed by atoms with Crippen LogP contribution in [0.4, 0.5) is 4.79 Å². The van der Waals surface area contributed by atoms with Crippen molar-refractivity contribution in [2.75, 3.05) is 26.9 Å². The highest BCUT2D eigenvalue weighted by Crippen LogP contribution is 2.44. The lowest BCUT2D eigenvalue weighted by molar-refractivity contribution is -0.160. The summed E-state index contributed by atoms with van der Waals surface area (Å²) in [5, 5.41) is 12.7. The van der Waals surface area contributed by atoms with Crippen molar-refractivity contribution in [1.82, 2.24) is 10.2 Å². The highest BCUT2D eigenvalue weighted by Gasteiger charge is 2.50. The Morgan fingerprint density at radius 1 is 1.00 bits per heavy atom. The molecule has 0 bridgehead atoms. The summed E-state index contributed by atoms with van der Waals surface area (Å²) in [6, 6.07) is 24.3. The van der Waals surface area contributed by atoms with E-state index in [1.54, 1.807) is 6.92 Å². The van der Waals surface area contributed by atoms with E-state index in [4.69, 9.17) is 14.2 Å². The summed E-state index contributed by atoms with van der Waals surface area (Å²) in [7, 11) is 1.42. The highest BCUT2D eigenvalue weighted by atomic mass is 16.5. The molecule has 0 radical (unpaired) electrons. The van der Waals surface area contributed by atoms with Crippen LogP contribution in [0.1, 0.15) is 36.0 Å². The fourth-order valence-corrected chi connectivity index (χ4v) is 5.60. The Hall–Kier alpha value is -4.21. The number of hydrogen-bond donors (Lipinski definition) is 2. The van der Waals surface area contributed by atoms with Crippen molar-refractivity contribution in [2.45, 2.75) is 43.6 Å². The van der Waals surface area contributed by atoms with Crippen molar-refractivity contribution in [1.29, 1.82) is 0 Å². The molecule has 214 valence electrons. The molecule has 1 heterocycles. The van der Waals surface area contributed by atoms with Crippen molar-refractivity contribution in [2.24, 2.45) is 0 Å². The van der Waals surface area contributed by atoms with Crippen LogP contribution in [-0.2, 0) is 30.4 Å². The number of alkyl carbamates (subject to hydrolysis) is 1. The number of benzene rings is 3. The minimum absolute atomic E-state index is 0.0722. The van der Waals surface area contributed by atoms with Crippen LogP contribution >= 0.6 is 0 Å². The van der Waals surface area contributed by atoms with Gasteiger partial charge in [-0.3, -0.25) is 4.79 Å². The molecule has 3 atom stereocenters. The largest absolute Gasteiger partial charge is 0.479 e. The Labute approximate surface area is 239 Å². The number of amides is 2. The molecule has 1 aliphatic heterocycles. The molecule has 3 aromatic rings. The van der Waals surface area contributed by atoms with Gasteiger partial charge in [0.2, 0.25) is 5.91 Å². The number of aliphatic carboxylic acids is 1. The Kier molecular flexibility index (Phi) is 8.37. The predicted molar refractivity (Wildman–Crippen MR) is 151 cm³/mol. The first-order chi connectivity index (χ1) is 19.8. The molecule has 1 aliphatic carbocycles. The number of carbonyl (C=O) groups is 3. The maximum Gasteiger partial charge on any atom is 0.407 e. The smallest absolute Gasteiger partial charge is 0.407 e. The number of fused-ring (bicyclic) bond motifs is 3. The van der Waals surface area contributed by atoms with E-state index in [0.29, 0.717) is 0 Å². The minimum Gasteiger partial charge on any atom is -0.479 e. The Bertz CT molecular complexity index is 1360. The van der Waals surface area contributed by atoms with Crippen molar-refractivity contribution in [3.63, 3.8) is 0 Å². The molecule has 1 fully saturated rings. The van der Waals surface area contributed by atoms with E-state index in [1.165, 1.54) is 7.05 Å². The first kappa shape index (κ1) is 28.3. The van der Waals surface area contributed by atoms with Gasteiger partial charge in [0, 0.05) is 26.0 Å². The monoisotopic (exact) mass is 558 g/mol. The third-order valence-corrected chi connectivity index (χ3v) is 8.08. The van der Waals surface area contributed by atoms with E-state index in [1.807, 2.05) is 66.7 Å². The average Bonchev–Trinajstić information content (AvgIpc) is 3.62. The maximum atomic E-state index is 13.8. The number of ether oxygens (including phenoxy) is 3. The minimum atomic E-state index is -1.53. The van der Waals surface area contributed by atoms with Gasteiger partial charge in [-0.1, -0.05) is 78.9 Å². The molecule has 2 N–H and O–H groups in total. The number of rotatable bonds is 10. The standard InChI is InChI=1S/C32H34N2O7/c1-21(40-18-22-10-4-3-5-11-22)28(29(35)34(2)32(30(36)37)16-17-39-20-32)33-31(38)41-19-27-25-14-8-6-12-23(25)24-13-7-9-15-26(24)27/h3-15,21,27-28H,16-20H2,1-2H3,(H,33,38)(H,36,37)/t21-,28+,32?/m0/s1. The van der Waals surface area contributed by atoms with Gasteiger partial charge in [-0.2, -0.15) is 0 Å². The van der Waals surface area contributed by atoms with Crippen molar-refractivity contribution in [3.05, 3.63) is 95.6 Å². The van der Waals surface area contributed by atoms with Crippen LogP contribution in [0.3, 0.4) is 0 Å². The first-order valence-electron chi connectivity index (χ1n) is 13.7. The summed E-state index contributed by atoms with van der Waals surface area (Å²) >= 11 is 0. The molecule has 1 unspecified atom stereocenters. The predicted octanol–water partition coefficient (Wildman–Crippen LogP) is 4.20. The lowest BCUT2D eigenvalue weighted by Gasteiger charge is -2.37. The number of carboxylic acid groups (broad SMARTS) is 1. The van der Waals surface area contributed by atoms with E-state index in [-0.39, 0.29) is 38.8 Å². The number of likely N-dealkylation sites (N-methyl/N-ethyl adjacent to an activating group) is 1. The second kappa shape index (κ2) is 12.1. The molecule has 9 nitrogen and oxygen atoms in total. The number of hydrogen-bond acceptors (Lipinski definition) is 6. The van der Waals surface area contributed by atoms with Gasteiger partial charge in [-0.25, -0.2) is 9.59 Å². The van der Waals surface area contributed by atoms with Gasteiger partial charge in [-0.15, -0.1) is 0 Å². The van der Waals surface area contributed by atoms with Gasteiger partial charge in [0.25, 0.3) is 0 Å². The third-order valence-electron chi connectivity index (χ3n) is 8.08. The second-order valence-corrected chi connectivity index (χ2v) is 10.5. The van der Waals surface area contributed by atoms with E-state index in [9.17, 15) is 19.5 Å². The summed E-state index contributed by atoms with van der Waals surface area (Å²) < 4.78 is 17.0. The van der Waals surface area contributed by atoms with Gasteiger partial charge in [0.05, 0.1) is 19.3 Å². The third kappa shape index (κ3) is 5.68. The molecule has 41 heavy (non-hydrogen) atoms. The van der Waals surface area contributed by atoms with Crippen LogP contribution in [0.2, 0.25) is 0 Å². The van der Waals surface area contributed by atoms with Crippen LogP contribution in [0.5, 0.6) is 0 Å². The van der Waals surface area contributed by atoms with E-state index < -0.39 is 35.7 Å². The lowest BCUT2D eigenvalue weighted by Crippen LogP contribution is -2.62. The first-order valence-corrected chi connectivity index (χ1v) is 13.7. The van der Waals surface area contributed by atoms with Gasteiger partial charge < -0.3 is 29.5 Å². The summed E-state index contributed by atoms with van der Waals surface area (Å²) in [6.07, 6.45) is -1.44. The molecule has 3 aromatic carbocycles. The molecule has 2 amide bonds. The number of carbonyl (C=O) groups excluding carboxylic acids is 2. The van der Waals surface area contributed by atoms with Gasteiger partial charge in [0.15, 0.2) is 5.54 Å². The van der Waals surface area contributed by atoms with Crippen LogP contribution in [-0.4, -0.2) is 72.5 Å². The lowest BCUT2D eigenvalue weighted by atomic mass is 9.95. The van der Waals surface area contributed by atoms with Crippen LogP contribution in [0, 0.1) is 0 Å². The molecule has 9 heteroatoms. The second-order valence-electron chi connectivity index (χ2n) is 10.5. The number of nitrogens with zero attached hydrogens (tertiary/aromatic N) is 1. The van der Waals surface area contributed by atoms with Crippen LogP contribution < -0.4 is 5.32 Å². The average molecular weight is 559 g/mol. The molecule has 5 rings (SSSR count). The summed E-state index contributed by atoms with van der Waals surface area (Å²) in [4.78, 5) is 40.3. The zero-order chi connectivity index (χ0) is 29.0. The summed E-state index contributed by atoms with van der Waals surface area (Å²) in [5.74, 6) is -1.92. The fraction of sp³-hybridized carbons (Fsp3) is 0.344. The molecule has 0 spiro atoms. The topological polar surface area (TPSA) is 114 Å². The van der Waals surface area contributed by atoms with Gasteiger partial charge in [-0.05, 0) is 34.7 Å². The van der Waals surface area contributed by atoms with Gasteiger partial charge >= 0.3 is 12.1 Å². The number of carboxylic acids is 1. The quantitative estimate of drug-likeness (QED) is 0.383. The van der Waals surface area contributed by atoms with Crippen LogP contribution in [0.25, 0.3) is 11.1 Å². The molecule has 0 aromatic heterocycles. The van der Waals surface area contributed by atoms with Crippen molar-refractivity contribution < 1.29 is 33.7 Å². The molecular weight excluding hydrogens is 524 g/mol. The maximum absolute atomic E-state index is 13.8. The molecule has 2 aliphatic rings. The van der Waals surface area contributed by atoms with E-state index >= 15 is 0 Å². The highest BCUT2D eigenvalue weighted by molar-refractivity contribution is 5.92. The molecule has 0 saturated carbocycles. The number of nitrogens with one attached hydrogen (secondary N) is 1. The Balaban J connectivity index is 1.32. The molecular formula is C32H34N2O7. The van der Waals surface area contributed by atoms with Crippen molar-refractivity contribution in [3.8, 4) is 11.1 Å². The van der Waals surface area contributed by atoms with E-state index in [2.05, 4.69) is 17.4 Å². The van der Waals surface area contributed by atoms with Crippen LogP contribution in [0.15, 0.2) is 78.9 Å². The Morgan fingerprint density at radius 2 is 1.61 bits per heavy atom. The molecule has 1 saturated heterocycles. The Morgan fingerprint density at radius 3 is 2.20 bits per heavy atom. The zero-order valence-electron chi connectivity index (χ0n) is 23.1. The van der Waals surface area contributed by atoms with E-state index in [0.717, 1.165) is 32.7 Å². The summed E-state index contributed by atoms with van der Waals surface area (Å²) in [6.45, 7) is 2.02. The normalized spacial score (nSPS) is 19.1. The fourth-order valence-electron chi connectivity index (χ4n) is 5.60. The zero-order valence-corrected chi connectivity index (χ0v) is 23.1. The SMILES string of the molecule is C[C@H](OCc1ccccc1)[C@@H](NC(=O)OCC1c2ccccc2-c2ccccc21)C(=O)N(C)C1(C(=O)O)CCOC1. The summed E-state index contributed by atoms with van der Waals surface area (Å²) in [5.41, 5.74) is 3.71.